The van der Waals surface area contributed by atoms with Crippen LogP contribution in [0.4, 0.5) is 0 Å². The van der Waals surface area contributed by atoms with Crippen LogP contribution < -0.4 is 0 Å². The van der Waals surface area contributed by atoms with Crippen molar-refractivity contribution in [3.05, 3.63) is 33.8 Å². The van der Waals surface area contributed by atoms with Crippen molar-refractivity contribution in [3.8, 4) is 0 Å². The number of nitrogens with zero attached hydrogens (tertiary/aromatic N) is 3. The third-order valence-corrected chi connectivity index (χ3v) is 1.53. The highest BCUT2D eigenvalue weighted by Crippen LogP contribution is 2.06. The van der Waals surface area contributed by atoms with Crippen LogP contribution in [0.25, 0.3) is 6.08 Å². The largest absolute Gasteiger partial charge is 0.268 e. The first-order chi connectivity index (χ1) is 5.61. The fourth-order valence-electron chi connectivity index (χ4n) is 0.928. The molecule has 0 fully saturated rings. The van der Waals surface area contributed by atoms with E-state index in [1.54, 1.807) is 17.9 Å². The minimum absolute atomic E-state index is 0.494. The fourth-order valence-corrected chi connectivity index (χ4v) is 0.928. The van der Waals surface area contributed by atoms with Crippen molar-refractivity contribution in [1.29, 1.82) is 0 Å². The van der Waals surface area contributed by atoms with E-state index in [0.29, 0.717) is 0 Å². The highest BCUT2D eigenvalue weighted by Gasteiger charge is 2.00. The molecule has 0 bridgehead atoms. The van der Waals surface area contributed by atoms with Gasteiger partial charge in [0.15, 0.2) is 0 Å². The van der Waals surface area contributed by atoms with Crippen molar-refractivity contribution in [3.63, 3.8) is 0 Å². The van der Waals surface area contributed by atoms with E-state index in [1.165, 1.54) is 6.08 Å². The monoisotopic (exact) mass is 167 g/mol. The van der Waals surface area contributed by atoms with Crippen molar-refractivity contribution < 1.29 is 4.92 Å². The summed E-state index contributed by atoms with van der Waals surface area (Å²) in [6.45, 7) is 1.85. The van der Waals surface area contributed by atoms with Crippen LogP contribution in [0.5, 0.6) is 0 Å². The molecule has 1 heterocycles. The number of hydrogen-bond acceptors (Lipinski definition) is 3. The second kappa shape index (κ2) is 3.17. The maximum Gasteiger partial charge on any atom is 0.236 e. The van der Waals surface area contributed by atoms with Gasteiger partial charge in [-0.2, -0.15) is 5.10 Å². The maximum absolute atomic E-state index is 10.0. The van der Waals surface area contributed by atoms with Gasteiger partial charge in [0.05, 0.1) is 16.8 Å². The van der Waals surface area contributed by atoms with Crippen molar-refractivity contribution in [2.24, 2.45) is 7.05 Å². The molecule has 0 saturated carbocycles. The maximum atomic E-state index is 10.0. The lowest BCUT2D eigenvalue weighted by Gasteiger charge is -1.93. The zero-order chi connectivity index (χ0) is 9.14. The molecule has 0 amide bonds. The summed E-state index contributed by atoms with van der Waals surface area (Å²) < 4.78 is 1.59. The molecule has 0 atom stereocenters. The molecule has 0 aliphatic carbocycles. The quantitative estimate of drug-likeness (QED) is 0.487. The molecule has 12 heavy (non-hydrogen) atoms. The lowest BCUT2D eigenvalue weighted by molar-refractivity contribution is -0.401. The van der Waals surface area contributed by atoms with E-state index in [1.807, 2.05) is 6.92 Å². The molecule has 1 aromatic heterocycles. The molecule has 0 N–H and O–H groups in total. The average Bonchev–Trinajstić information content (AvgIpc) is 2.28. The molecule has 0 unspecified atom stereocenters. The molecule has 0 saturated heterocycles. The molecule has 5 heteroatoms. The Kier molecular flexibility index (Phi) is 2.23. The summed E-state index contributed by atoms with van der Waals surface area (Å²) in [4.78, 5) is 9.51. The Morgan fingerprint density at radius 2 is 2.42 bits per heavy atom. The smallest absolute Gasteiger partial charge is 0.236 e. The number of hydrogen-bond donors (Lipinski definition) is 0. The zero-order valence-corrected chi connectivity index (χ0v) is 6.89. The SMILES string of the molecule is Cc1cnn(C)c1/C=C/[N+](=O)[O-]. The Hall–Kier alpha value is -1.65. The molecule has 1 rings (SSSR count). The van der Waals surface area contributed by atoms with Gasteiger partial charge < -0.3 is 0 Å². The molecular formula is C7H9N3O2. The van der Waals surface area contributed by atoms with Gasteiger partial charge in [0.2, 0.25) is 6.20 Å². The highest BCUT2D eigenvalue weighted by atomic mass is 16.6. The Morgan fingerprint density at radius 3 is 2.83 bits per heavy atom. The first-order valence-electron chi connectivity index (χ1n) is 3.41. The van der Waals surface area contributed by atoms with Crippen molar-refractivity contribution in [1.82, 2.24) is 9.78 Å². The van der Waals surface area contributed by atoms with Crippen LogP contribution in [0.15, 0.2) is 12.4 Å². The Bertz CT molecular complexity index is 308. The summed E-state index contributed by atoms with van der Waals surface area (Å²) in [7, 11) is 1.74. The lowest BCUT2D eigenvalue weighted by Crippen LogP contribution is -1.94. The summed E-state index contributed by atoms with van der Waals surface area (Å²) in [6, 6.07) is 0. The number of aryl methyl sites for hydroxylation is 2. The van der Waals surface area contributed by atoms with Crippen molar-refractivity contribution in [2.75, 3.05) is 0 Å². The van der Waals surface area contributed by atoms with E-state index in [4.69, 9.17) is 0 Å². The van der Waals surface area contributed by atoms with Gasteiger partial charge in [-0.15, -0.1) is 0 Å². The van der Waals surface area contributed by atoms with Gasteiger partial charge in [0, 0.05) is 13.1 Å². The molecule has 0 aliphatic rings. The number of aromatic nitrogens is 2. The van der Waals surface area contributed by atoms with Gasteiger partial charge in [-0.25, -0.2) is 0 Å². The van der Waals surface area contributed by atoms with E-state index < -0.39 is 4.92 Å². The fraction of sp³-hybridized carbons (Fsp3) is 0.286. The van der Waals surface area contributed by atoms with Crippen LogP contribution >= 0.6 is 0 Å². The molecule has 64 valence electrons. The van der Waals surface area contributed by atoms with E-state index in [9.17, 15) is 10.1 Å². The summed E-state index contributed by atoms with van der Waals surface area (Å²) in [5, 5.41) is 13.9. The minimum Gasteiger partial charge on any atom is -0.268 e. The van der Waals surface area contributed by atoms with Crippen LogP contribution in [0.2, 0.25) is 0 Å². The molecule has 0 aromatic carbocycles. The molecule has 0 radical (unpaired) electrons. The first-order valence-corrected chi connectivity index (χ1v) is 3.41. The predicted molar refractivity (Wildman–Crippen MR) is 44.0 cm³/mol. The number of rotatable bonds is 2. The second-order valence-corrected chi connectivity index (χ2v) is 2.44. The Morgan fingerprint density at radius 1 is 1.75 bits per heavy atom. The summed E-state index contributed by atoms with van der Waals surface area (Å²) in [6.07, 6.45) is 4.01. The van der Waals surface area contributed by atoms with Gasteiger partial charge in [-0.3, -0.25) is 14.8 Å². The third kappa shape index (κ3) is 1.69. The molecule has 0 aliphatic heterocycles. The van der Waals surface area contributed by atoms with Crippen molar-refractivity contribution in [2.45, 2.75) is 6.92 Å². The molecule has 1 aromatic rings. The van der Waals surface area contributed by atoms with Gasteiger partial charge in [-0.05, 0) is 12.5 Å². The Balaban J connectivity index is 2.95. The van der Waals surface area contributed by atoms with Crippen LogP contribution in [0.3, 0.4) is 0 Å². The number of nitro groups is 1. The van der Waals surface area contributed by atoms with Gasteiger partial charge in [0.25, 0.3) is 0 Å². The standard InChI is InChI=1S/C7H9N3O2/c1-6-5-8-9(2)7(6)3-4-10(11)12/h3-5H,1-2H3/b4-3+. The van der Waals surface area contributed by atoms with Crippen LogP contribution in [0.1, 0.15) is 11.3 Å². The molecular weight excluding hydrogens is 158 g/mol. The Labute approximate surface area is 69.5 Å². The van der Waals surface area contributed by atoms with E-state index in [0.717, 1.165) is 17.5 Å². The van der Waals surface area contributed by atoms with Crippen molar-refractivity contribution >= 4 is 6.08 Å². The van der Waals surface area contributed by atoms with Gasteiger partial charge in [-0.1, -0.05) is 0 Å². The summed E-state index contributed by atoms with van der Waals surface area (Å²) >= 11 is 0. The van der Waals surface area contributed by atoms with Gasteiger partial charge in [0.1, 0.15) is 0 Å². The highest BCUT2D eigenvalue weighted by molar-refractivity contribution is 5.47. The zero-order valence-electron chi connectivity index (χ0n) is 6.89. The van der Waals surface area contributed by atoms with Gasteiger partial charge >= 0.3 is 0 Å². The lowest BCUT2D eigenvalue weighted by atomic mass is 10.3. The third-order valence-electron chi connectivity index (χ3n) is 1.53. The first kappa shape index (κ1) is 8.45. The average molecular weight is 167 g/mol. The summed E-state index contributed by atoms with van der Waals surface area (Å²) in [5.41, 5.74) is 1.68. The van der Waals surface area contributed by atoms with Crippen LogP contribution in [0, 0.1) is 17.0 Å². The molecule has 0 spiro atoms. The topological polar surface area (TPSA) is 61.0 Å². The van der Waals surface area contributed by atoms with Crippen LogP contribution in [-0.4, -0.2) is 14.7 Å². The predicted octanol–water partition coefficient (Wildman–Crippen LogP) is 0.976. The van der Waals surface area contributed by atoms with E-state index in [-0.39, 0.29) is 0 Å². The van der Waals surface area contributed by atoms with E-state index in [2.05, 4.69) is 5.10 Å². The summed E-state index contributed by atoms with van der Waals surface area (Å²) in [5.74, 6) is 0. The van der Waals surface area contributed by atoms with Crippen LogP contribution in [-0.2, 0) is 7.05 Å². The second-order valence-electron chi connectivity index (χ2n) is 2.44. The van der Waals surface area contributed by atoms with E-state index >= 15 is 0 Å². The molecule has 5 nitrogen and oxygen atoms in total. The minimum atomic E-state index is -0.494. The normalized spacial score (nSPS) is 10.8.